The number of carbonyl (C=O) groups is 1. The molecule has 0 bridgehead atoms. The summed E-state index contributed by atoms with van der Waals surface area (Å²) in [6.07, 6.45) is 3.73. The van der Waals surface area contributed by atoms with Gasteiger partial charge in [-0.3, -0.25) is 4.79 Å². The fraction of sp³-hybridized carbons (Fsp3) is 0.294. The van der Waals surface area contributed by atoms with Crippen LogP contribution < -0.4 is 5.32 Å². The predicted octanol–water partition coefficient (Wildman–Crippen LogP) is 4.35. The van der Waals surface area contributed by atoms with Gasteiger partial charge >= 0.3 is 0 Å². The van der Waals surface area contributed by atoms with Crippen molar-refractivity contribution in [2.24, 2.45) is 0 Å². The molecule has 0 aliphatic rings. The number of nitrogens with zero attached hydrogens (tertiary/aromatic N) is 2. The summed E-state index contributed by atoms with van der Waals surface area (Å²) in [5.41, 5.74) is 2.21. The molecule has 1 aromatic carbocycles. The fourth-order valence-corrected chi connectivity index (χ4v) is 2.11. The monoisotopic (exact) mass is 317 g/mol. The van der Waals surface area contributed by atoms with E-state index >= 15 is 0 Å². The van der Waals surface area contributed by atoms with E-state index in [0.717, 1.165) is 30.8 Å². The zero-order valence-corrected chi connectivity index (χ0v) is 13.6. The van der Waals surface area contributed by atoms with E-state index in [0.29, 0.717) is 10.7 Å². The summed E-state index contributed by atoms with van der Waals surface area (Å²) >= 11 is 5.85. The fourth-order valence-electron chi connectivity index (χ4n) is 1.99. The Labute approximate surface area is 136 Å². The number of aromatic nitrogens is 1. The lowest BCUT2D eigenvalue weighted by Gasteiger charge is -2.16. The van der Waals surface area contributed by atoms with E-state index in [4.69, 9.17) is 11.6 Å². The van der Waals surface area contributed by atoms with Crippen molar-refractivity contribution in [1.82, 2.24) is 9.88 Å². The highest BCUT2D eigenvalue weighted by molar-refractivity contribution is 6.30. The number of hydrogen-bond acceptors (Lipinski definition) is 3. The number of benzene rings is 1. The number of amides is 1. The first-order valence-corrected chi connectivity index (χ1v) is 7.72. The Kier molecular flexibility index (Phi) is 5.78. The average molecular weight is 318 g/mol. The molecule has 2 aromatic rings. The topological polar surface area (TPSA) is 45.2 Å². The van der Waals surface area contributed by atoms with Gasteiger partial charge in [0.1, 0.15) is 5.69 Å². The highest BCUT2D eigenvalue weighted by Crippen LogP contribution is 2.18. The van der Waals surface area contributed by atoms with Crippen LogP contribution in [0.2, 0.25) is 5.02 Å². The lowest BCUT2D eigenvalue weighted by molar-refractivity contribution is 0.0787. The number of carbonyl (C=O) groups excluding carboxylic acids is 1. The minimum absolute atomic E-state index is 0.0495. The molecule has 116 valence electrons. The molecule has 0 aliphatic heterocycles. The van der Waals surface area contributed by atoms with Gasteiger partial charge in [0.15, 0.2) is 0 Å². The van der Waals surface area contributed by atoms with Crippen molar-refractivity contribution >= 4 is 28.9 Å². The van der Waals surface area contributed by atoms with Crippen LogP contribution in [0, 0.1) is 0 Å². The SMILES string of the molecule is CCCCN(C)C(=O)c1ccc(Nc2ccc(Cl)cc2)cn1. The van der Waals surface area contributed by atoms with Gasteiger partial charge in [-0.25, -0.2) is 4.98 Å². The van der Waals surface area contributed by atoms with Crippen LogP contribution in [0.4, 0.5) is 11.4 Å². The standard InChI is InChI=1S/C17H20ClN3O/c1-3-4-11-21(2)17(22)16-10-9-15(12-19-16)20-14-7-5-13(18)6-8-14/h5-10,12,20H,3-4,11H2,1-2H3. The minimum atomic E-state index is -0.0495. The zero-order chi connectivity index (χ0) is 15.9. The van der Waals surface area contributed by atoms with Gasteiger partial charge in [0, 0.05) is 24.3 Å². The molecule has 0 atom stereocenters. The number of pyridine rings is 1. The molecule has 0 radical (unpaired) electrons. The largest absolute Gasteiger partial charge is 0.354 e. The molecule has 5 heteroatoms. The van der Waals surface area contributed by atoms with Crippen molar-refractivity contribution in [3.05, 3.63) is 53.3 Å². The minimum Gasteiger partial charge on any atom is -0.354 e. The Morgan fingerprint density at radius 2 is 1.86 bits per heavy atom. The van der Waals surface area contributed by atoms with E-state index in [1.165, 1.54) is 0 Å². The third-order valence-electron chi connectivity index (χ3n) is 3.31. The number of hydrogen-bond donors (Lipinski definition) is 1. The molecular weight excluding hydrogens is 298 g/mol. The number of unbranched alkanes of at least 4 members (excludes halogenated alkanes) is 1. The van der Waals surface area contributed by atoms with Crippen molar-refractivity contribution in [3.63, 3.8) is 0 Å². The predicted molar refractivity (Wildman–Crippen MR) is 90.8 cm³/mol. The maximum atomic E-state index is 12.2. The molecule has 1 N–H and O–H groups in total. The highest BCUT2D eigenvalue weighted by atomic mass is 35.5. The summed E-state index contributed by atoms with van der Waals surface area (Å²) in [4.78, 5) is 18.1. The molecule has 0 saturated heterocycles. The molecule has 0 fully saturated rings. The first-order chi connectivity index (χ1) is 10.6. The van der Waals surface area contributed by atoms with E-state index < -0.39 is 0 Å². The number of nitrogens with one attached hydrogen (secondary N) is 1. The summed E-state index contributed by atoms with van der Waals surface area (Å²) in [6, 6.07) is 11.0. The third-order valence-corrected chi connectivity index (χ3v) is 3.56. The Morgan fingerprint density at radius 1 is 1.18 bits per heavy atom. The first-order valence-electron chi connectivity index (χ1n) is 7.34. The molecule has 4 nitrogen and oxygen atoms in total. The second-order valence-electron chi connectivity index (χ2n) is 5.14. The summed E-state index contributed by atoms with van der Waals surface area (Å²) in [7, 11) is 1.81. The van der Waals surface area contributed by atoms with Crippen LogP contribution in [0.15, 0.2) is 42.6 Å². The third kappa shape index (κ3) is 4.46. The van der Waals surface area contributed by atoms with Crippen LogP contribution >= 0.6 is 11.6 Å². The Bertz CT molecular complexity index is 611. The van der Waals surface area contributed by atoms with E-state index in [1.807, 2.05) is 30.3 Å². The van der Waals surface area contributed by atoms with Gasteiger partial charge < -0.3 is 10.2 Å². The Balaban J connectivity index is 2.00. The van der Waals surface area contributed by atoms with Crippen LogP contribution in [0.25, 0.3) is 0 Å². The van der Waals surface area contributed by atoms with Gasteiger partial charge in [0.25, 0.3) is 5.91 Å². The van der Waals surface area contributed by atoms with E-state index in [2.05, 4.69) is 17.2 Å². The summed E-state index contributed by atoms with van der Waals surface area (Å²) in [5, 5.41) is 3.91. The van der Waals surface area contributed by atoms with Crippen LogP contribution in [0.5, 0.6) is 0 Å². The van der Waals surface area contributed by atoms with Crippen molar-refractivity contribution in [3.8, 4) is 0 Å². The van der Waals surface area contributed by atoms with Crippen molar-refractivity contribution in [2.45, 2.75) is 19.8 Å². The number of rotatable bonds is 6. The molecule has 1 aromatic heterocycles. The first kappa shape index (κ1) is 16.3. The van der Waals surface area contributed by atoms with Crippen LogP contribution in [-0.4, -0.2) is 29.4 Å². The molecule has 0 unspecified atom stereocenters. The summed E-state index contributed by atoms with van der Waals surface area (Å²) in [6.45, 7) is 2.86. The average Bonchev–Trinajstić information content (AvgIpc) is 2.55. The summed E-state index contributed by atoms with van der Waals surface area (Å²) in [5.74, 6) is -0.0495. The van der Waals surface area contributed by atoms with Crippen molar-refractivity contribution in [2.75, 3.05) is 18.9 Å². The lowest BCUT2D eigenvalue weighted by atomic mass is 10.2. The molecule has 2 rings (SSSR count). The number of anilines is 2. The lowest BCUT2D eigenvalue weighted by Crippen LogP contribution is -2.28. The van der Waals surface area contributed by atoms with Crippen LogP contribution in [-0.2, 0) is 0 Å². The van der Waals surface area contributed by atoms with Gasteiger partial charge in [-0.2, -0.15) is 0 Å². The van der Waals surface area contributed by atoms with Gasteiger partial charge in [-0.05, 0) is 42.8 Å². The van der Waals surface area contributed by atoms with Crippen LogP contribution in [0.1, 0.15) is 30.3 Å². The van der Waals surface area contributed by atoms with E-state index in [1.54, 1.807) is 24.2 Å². The molecule has 1 amide bonds. The maximum absolute atomic E-state index is 12.2. The second kappa shape index (κ2) is 7.80. The summed E-state index contributed by atoms with van der Waals surface area (Å²) < 4.78 is 0. The van der Waals surface area contributed by atoms with Crippen LogP contribution in [0.3, 0.4) is 0 Å². The number of halogens is 1. The van der Waals surface area contributed by atoms with Gasteiger partial charge in [0.2, 0.25) is 0 Å². The van der Waals surface area contributed by atoms with Gasteiger partial charge in [-0.1, -0.05) is 24.9 Å². The molecule has 0 saturated carbocycles. The van der Waals surface area contributed by atoms with Gasteiger partial charge in [0.05, 0.1) is 11.9 Å². The van der Waals surface area contributed by atoms with Crippen molar-refractivity contribution < 1.29 is 4.79 Å². The van der Waals surface area contributed by atoms with E-state index in [-0.39, 0.29) is 5.91 Å². The molecule has 22 heavy (non-hydrogen) atoms. The van der Waals surface area contributed by atoms with Crippen molar-refractivity contribution in [1.29, 1.82) is 0 Å². The van der Waals surface area contributed by atoms with Gasteiger partial charge in [-0.15, -0.1) is 0 Å². The zero-order valence-electron chi connectivity index (χ0n) is 12.8. The quantitative estimate of drug-likeness (QED) is 0.861. The maximum Gasteiger partial charge on any atom is 0.272 e. The molecular formula is C17H20ClN3O. The molecule has 0 spiro atoms. The highest BCUT2D eigenvalue weighted by Gasteiger charge is 2.12. The molecule has 1 heterocycles. The molecule has 0 aliphatic carbocycles. The Hall–Kier alpha value is -2.07. The normalized spacial score (nSPS) is 10.3. The second-order valence-corrected chi connectivity index (χ2v) is 5.58. The van der Waals surface area contributed by atoms with E-state index in [9.17, 15) is 4.79 Å². The Morgan fingerprint density at radius 3 is 2.45 bits per heavy atom. The smallest absolute Gasteiger partial charge is 0.272 e.